The van der Waals surface area contributed by atoms with E-state index in [1.165, 1.54) is 12.1 Å². The minimum absolute atomic E-state index is 0.0949. The summed E-state index contributed by atoms with van der Waals surface area (Å²) in [4.78, 5) is 21.7. The zero-order chi connectivity index (χ0) is 11.6. The molecule has 1 aromatic carbocycles. The highest BCUT2D eigenvalue weighted by Gasteiger charge is 2.43. The van der Waals surface area contributed by atoms with Crippen molar-refractivity contribution in [2.75, 3.05) is 0 Å². The Labute approximate surface area is 85.0 Å². The van der Waals surface area contributed by atoms with Gasteiger partial charge in [0.25, 0.3) is 0 Å². The van der Waals surface area contributed by atoms with Crippen LogP contribution in [0.2, 0.25) is 0 Å². The summed E-state index contributed by atoms with van der Waals surface area (Å²) in [5.74, 6) is -3.72. The van der Waals surface area contributed by atoms with Crippen LogP contribution >= 0.6 is 0 Å². The largest absolute Gasteiger partial charge is 0.480 e. The fraction of sp³-hybridized carbons (Fsp3) is 0.200. The molecule has 0 fully saturated rings. The molecule has 0 saturated carbocycles. The van der Waals surface area contributed by atoms with Crippen LogP contribution in [-0.2, 0) is 15.0 Å². The molecule has 0 aliphatic heterocycles. The highest BCUT2D eigenvalue weighted by atomic mass is 19.1. The molecule has 15 heavy (non-hydrogen) atoms. The van der Waals surface area contributed by atoms with Crippen LogP contribution in [0.5, 0.6) is 0 Å². The smallest absolute Gasteiger partial charge is 0.325 e. The van der Waals surface area contributed by atoms with Gasteiger partial charge in [-0.25, -0.2) is 4.39 Å². The molecular weight excluding hydrogens is 203 g/mol. The minimum atomic E-state index is -2.12. The number of halogens is 1. The quantitative estimate of drug-likeness (QED) is 0.739. The van der Waals surface area contributed by atoms with E-state index < -0.39 is 23.2 Å². The maximum atomic E-state index is 12.8. The van der Waals surface area contributed by atoms with E-state index in [-0.39, 0.29) is 5.56 Å². The van der Waals surface area contributed by atoms with Crippen molar-refractivity contribution in [2.45, 2.75) is 12.3 Å². The molecule has 0 atom stereocenters. The van der Waals surface area contributed by atoms with Crippen molar-refractivity contribution in [2.24, 2.45) is 0 Å². The molecule has 1 rings (SSSR count). The van der Waals surface area contributed by atoms with E-state index in [9.17, 15) is 14.0 Å². The second-order valence-corrected chi connectivity index (χ2v) is 3.25. The summed E-state index contributed by atoms with van der Waals surface area (Å²) < 4.78 is 12.8. The summed E-state index contributed by atoms with van der Waals surface area (Å²) in [5.41, 5.74) is -2.22. The number of aliphatic carboxylic acids is 2. The van der Waals surface area contributed by atoms with Crippen molar-refractivity contribution in [3.8, 4) is 0 Å². The molecule has 2 N–H and O–H groups in total. The lowest BCUT2D eigenvalue weighted by Gasteiger charge is -2.19. The third-order valence-electron chi connectivity index (χ3n) is 2.26. The second-order valence-electron chi connectivity index (χ2n) is 3.25. The second kappa shape index (κ2) is 3.68. The minimum Gasteiger partial charge on any atom is -0.480 e. The molecule has 0 saturated heterocycles. The van der Waals surface area contributed by atoms with E-state index in [1.807, 2.05) is 0 Å². The first-order chi connectivity index (χ1) is 6.89. The standard InChI is InChI=1S/C10H9FO4/c1-10(8(12)13,9(14)15)6-3-2-4-7(11)5-6/h2-5H,1H3,(H,12,13)(H,14,15). The maximum absolute atomic E-state index is 12.8. The first-order valence-corrected chi connectivity index (χ1v) is 4.12. The zero-order valence-corrected chi connectivity index (χ0v) is 7.90. The van der Waals surface area contributed by atoms with Gasteiger partial charge < -0.3 is 10.2 Å². The molecule has 80 valence electrons. The van der Waals surface area contributed by atoms with Crippen molar-refractivity contribution in [1.82, 2.24) is 0 Å². The van der Waals surface area contributed by atoms with Crippen molar-refractivity contribution >= 4 is 11.9 Å². The fourth-order valence-electron chi connectivity index (χ4n) is 1.14. The summed E-state index contributed by atoms with van der Waals surface area (Å²) in [5, 5.41) is 17.7. The fourth-order valence-corrected chi connectivity index (χ4v) is 1.14. The Morgan fingerprint density at radius 1 is 1.27 bits per heavy atom. The van der Waals surface area contributed by atoms with Crippen molar-refractivity contribution < 1.29 is 24.2 Å². The van der Waals surface area contributed by atoms with E-state index in [0.29, 0.717) is 0 Å². The van der Waals surface area contributed by atoms with Gasteiger partial charge in [0.05, 0.1) is 0 Å². The Morgan fingerprint density at radius 2 is 1.80 bits per heavy atom. The molecule has 4 nitrogen and oxygen atoms in total. The number of carboxylic acid groups (broad SMARTS) is 2. The first-order valence-electron chi connectivity index (χ1n) is 4.12. The van der Waals surface area contributed by atoms with Crippen molar-refractivity contribution in [3.05, 3.63) is 35.6 Å². The van der Waals surface area contributed by atoms with Crippen molar-refractivity contribution in [3.63, 3.8) is 0 Å². The molecule has 0 radical (unpaired) electrons. The zero-order valence-electron chi connectivity index (χ0n) is 7.90. The topological polar surface area (TPSA) is 74.6 Å². The predicted molar refractivity (Wildman–Crippen MR) is 49.0 cm³/mol. The van der Waals surface area contributed by atoms with Gasteiger partial charge in [0.15, 0.2) is 5.41 Å². The first kappa shape index (κ1) is 11.2. The number of benzene rings is 1. The molecule has 1 aromatic rings. The van der Waals surface area contributed by atoms with Crippen LogP contribution in [0.15, 0.2) is 24.3 Å². The van der Waals surface area contributed by atoms with Crippen LogP contribution in [0.25, 0.3) is 0 Å². The summed E-state index contributed by atoms with van der Waals surface area (Å²) in [6.45, 7) is 1.02. The molecule has 0 spiro atoms. The predicted octanol–water partition coefficient (Wildman–Crippen LogP) is 1.25. The van der Waals surface area contributed by atoms with Crippen LogP contribution in [-0.4, -0.2) is 22.2 Å². The van der Waals surface area contributed by atoms with Gasteiger partial charge in [0.2, 0.25) is 0 Å². The van der Waals surface area contributed by atoms with Crippen molar-refractivity contribution in [1.29, 1.82) is 0 Å². The summed E-state index contributed by atoms with van der Waals surface area (Å²) in [6.07, 6.45) is 0. The highest BCUT2D eigenvalue weighted by Crippen LogP contribution is 2.25. The summed E-state index contributed by atoms with van der Waals surface area (Å²) in [7, 11) is 0. The number of hydrogen-bond acceptors (Lipinski definition) is 2. The average Bonchev–Trinajstić information content (AvgIpc) is 2.15. The van der Waals surface area contributed by atoms with Gasteiger partial charge in [-0.15, -0.1) is 0 Å². The lowest BCUT2D eigenvalue weighted by atomic mass is 9.83. The number of carboxylic acids is 2. The van der Waals surface area contributed by atoms with E-state index in [4.69, 9.17) is 10.2 Å². The van der Waals surface area contributed by atoms with Gasteiger partial charge in [0.1, 0.15) is 5.82 Å². The summed E-state index contributed by atoms with van der Waals surface area (Å²) in [6, 6.07) is 4.57. The lowest BCUT2D eigenvalue weighted by molar-refractivity contribution is -0.156. The third kappa shape index (κ3) is 1.81. The Hall–Kier alpha value is -1.91. The molecule has 5 heteroatoms. The van der Waals surface area contributed by atoms with E-state index in [2.05, 4.69) is 0 Å². The number of rotatable bonds is 3. The van der Waals surface area contributed by atoms with Gasteiger partial charge in [-0.1, -0.05) is 12.1 Å². The molecule has 0 unspecified atom stereocenters. The molecule has 0 bridgehead atoms. The van der Waals surface area contributed by atoms with Gasteiger partial charge in [0, 0.05) is 0 Å². The number of carbonyl (C=O) groups is 2. The van der Waals surface area contributed by atoms with E-state index in [0.717, 1.165) is 19.1 Å². The van der Waals surface area contributed by atoms with Crippen LogP contribution in [0, 0.1) is 5.82 Å². The van der Waals surface area contributed by atoms with Gasteiger partial charge >= 0.3 is 11.9 Å². The third-order valence-corrected chi connectivity index (χ3v) is 2.26. The molecular formula is C10H9FO4. The maximum Gasteiger partial charge on any atom is 0.325 e. The normalized spacial score (nSPS) is 11.1. The monoisotopic (exact) mass is 212 g/mol. The summed E-state index contributed by atoms with van der Waals surface area (Å²) >= 11 is 0. The van der Waals surface area contributed by atoms with Gasteiger partial charge in [-0.2, -0.15) is 0 Å². The highest BCUT2D eigenvalue weighted by molar-refractivity contribution is 6.04. The SMILES string of the molecule is CC(C(=O)O)(C(=O)O)c1cccc(F)c1. The molecule has 0 aliphatic carbocycles. The van der Waals surface area contributed by atoms with Crippen LogP contribution < -0.4 is 0 Å². The van der Waals surface area contributed by atoms with Gasteiger partial charge in [-0.3, -0.25) is 9.59 Å². The Morgan fingerprint density at radius 3 is 2.20 bits per heavy atom. The molecule has 0 amide bonds. The average molecular weight is 212 g/mol. The van der Waals surface area contributed by atoms with Crippen LogP contribution in [0.4, 0.5) is 4.39 Å². The Balaban J connectivity index is 3.34. The molecule has 0 aromatic heterocycles. The lowest BCUT2D eigenvalue weighted by Crippen LogP contribution is -2.40. The van der Waals surface area contributed by atoms with E-state index >= 15 is 0 Å². The van der Waals surface area contributed by atoms with E-state index in [1.54, 1.807) is 0 Å². The van der Waals surface area contributed by atoms with Crippen LogP contribution in [0.3, 0.4) is 0 Å². The Kier molecular flexibility index (Phi) is 2.74. The number of hydrogen-bond donors (Lipinski definition) is 2. The van der Waals surface area contributed by atoms with Crippen LogP contribution in [0.1, 0.15) is 12.5 Å². The van der Waals surface area contributed by atoms with Gasteiger partial charge in [-0.05, 0) is 24.6 Å². The molecule has 0 heterocycles. The Bertz CT molecular complexity index is 400. The molecule has 0 aliphatic rings.